The van der Waals surface area contributed by atoms with E-state index in [2.05, 4.69) is 33.6 Å². The van der Waals surface area contributed by atoms with Crippen molar-refractivity contribution < 1.29 is 13.6 Å². The second-order valence-corrected chi connectivity index (χ2v) is 9.69. The summed E-state index contributed by atoms with van der Waals surface area (Å²) in [4.78, 5) is 32.5. The van der Waals surface area contributed by atoms with Gasteiger partial charge in [-0.05, 0) is 60.6 Å². The van der Waals surface area contributed by atoms with Gasteiger partial charge in [0.2, 0.25) is 0 Å². The number of aryl methyl sites for hydroxylation is 1. The molecule has 1 amide bonds. The Balaban J connectivity index is 1.52. The lowest BCUT2D eigenvalue weighted by molar-refractivity contribution is 0.1000. The number of amides is 1. The van der Waals surface area contributed by atoms with Crippen LogP contribution in [-0.2, 0) is 12.5 Å². The number of halogens is 2. The molecular weight excluding hydrogens is 500 g/mol. The van der Waals surface area contributed by atoms with Crippen LogP contribution in [0.15, 0.2) is 53.6 Å². The number of carbonyl (C=O) groups is 1. The van der Waals surface area contributed by atoms with Crippen molar-refractivity contribution in [2.45, 2.75) is 30.6 Å². The molecule has 1 saturated carbocycles. The summed E-state index contributed by atoms with van der Waals surface area (Å²) in [6.07, 6.45) is 4.89. The molecule has 5 N–H and O–H groups in total. The third-order valence-electron chi connectivity index (χ3n) is 7.25. The second-order valence-electron chi connectivity index (χ2n) is 9.69. The third kappa shape index (κ3) is 4.93. The maximum Gasteiger partial charge on any atom is 0.254 e. The molecule has 1 aromatic carbocycles. The highest BCUT2D eigenvalue weighted by atomic mass is 19.1. The molecule has 0 radical (unpaired) electrons. The van der Waals surface area contributed by atoms with Crippen molar-refractivity contribution in [3.05, 3.63) is 98.7 Å². The Kier molecular flexibility index (Phi) is 6.78. The van der Waals surface area contributed by atoms with E-state index >= 15 is 0 Å². The van der Waals surface area contributed by atoms with E-state index in [1.54, 1.807) is 25.4 Å². The Morgan fingerprint density at radius 2 is 2.00 bits per heavy atom. The average Bonchev–Trinajstić information content (AvgIpc) is 3.60. The standard InChI is InChI=1S/C30H25F2N5O2/c1-37-13-5-8-21(29(37)39)19(22-14-18(31)9-10-25(22)32)6-3-2-4-7-20-23-15-26(30(17-33)11-12-30)36-28(23)35-16-24(20)27(34)38/h5,8-10,13-16,19H,6,11-12,17,33H2,1H3,(H2,34,38)(H,35,36). The molecule has 0 spiro atoms. The third-order valence-corrected chi connectivity index (χ3v) is 7.25. The average molecular weight is 526 g/mol. The Morgan fingerprint density at radius 1 is 1.21 bits per heavy atom. The Bertz CT molecular complexity index is 1800. The molecular formula is C30H25F2N5O2. The van der Waals surface area contributed by atoms with Crippen LogP contribution in [0, 0.1) is 35.3 Å². The molecule has 1 aliphatic carbocycles. The Morgan fingerprint density at radius 3 is 2.72 bits per heavy atom. The van der Waals surface area contributed by atoms with Gasteiger partial charge in [0.15, 0.2) is 0 Å². The zero-order chi connectivity index (χ0) is 27.7. The summed E-state index contributed by atoms with van der Waals surface area (Å²) in [7, 11) is 1.58. The normalized spacial score (nSPS) is 14.2. The van der Waals surface area contributed by atoms with Crippen LogP contribution in [0.4, 0.5) is 8.78 Å². The largest absolute Gasteiger partial charge is 0.366 e. The molecule has 4 aromatic rings. The number of rotatable bonds is 6. The number of hydrogen-bond donors (Lipinski definition) is 3. The van der Waals surface area contributed by atoms with E-state index in [4.69, 9.17) is 11.5 Å². The van der Waals surface area contributed by atoms with Crippen molar-refractivity contribution in [1.29, 1.82) is 0 Å². The Labute approximate surface area is 223 Å². The fourth-order valence-electron chi connectivity index (χ4n) is 4.76. The fourth-order valence-corrected chi connectivity index (χ4v) is 4.76. The summed E-state index contributed by atoms with van der Waals surface area (Å²) in [6.45, 7) is 0.493. The number of primary amides is 1. The van der Waals surface area contributed by atoms with Crippen molar-refractivity contribution in [2.24, 2.45) is 18.5 Å². The summed E-state index contributed by atoms with van der Waals surface area (Å²) < 4.78 is 30.1. The van der Waals surface area contributed by atoms with Crippen LogP contribution >= 0.6 is 0 Å². The van der Waals surface area contributed by atoms with Gasteiger partial charge in [-0.25, -0.2) is 13.8 Å². The van der Waals surface area contributed by atoms with Crippen LogP contribution in [-0.4, -0.2) is 27.0 Å². The first-order valence-electron chi connectivity index (χ1n) is 12.4. The van der Waals surface area contributed by atoms with Gasteiger partial charge in [0.25, 0.3) is 11.5 Å². The highest BCUT2D eigenvalue weighted by molar-refractivity contribution is 6.01. The number of aromatic nitrogens is 3. The predicted octanol–water partition coefficient (Wildman–Crippen LogP) is 3.21. The van der Waals surface area contributed by atoms with E-state index < -0.39 is 23.5 Å². The van der Waals surface area contributed by atoms with Crippen molar-refractivity contribution >= 4 is 16.9 Å². The van der Waals surface area contributed by atoms with Gasteiger partial charge in [0, 0.05) is 60.4 Å². The van der Waals surface area contributed by atoms with Crippen molar-refractivity contribution in [3.63, 3.8) is 0 Å². The predicted molar refractivity (Wildman–Crippen MR) is 144 cm³/mol. The van der Waals surface area contributed by atoms with Gasteiger partial charge in [-0.3, -0.25) is 9.59 Å². The van der Waals surface area contributed by atoms with Gasteiger partial charge in [-0.2, -0.15) is 0 Å². The van der Waals surface area contributed by atoms with E-state index in [0.717, 1.165) is 36.7 Å². The molecule has 3 heterocycles. The molecule has 9 heteroatoms. The molecule has 196 valence electrons. The molecule has 7 nitrogen and oxygen atoms in total. The van der Waals surface area contributed by atoms with Crippen LogP contribution < -0.4 is 17.0 Å². The van der Waals surface area contributed by atoms with Gasteiger partial charge < -0.3 is 21.0 Å². The zero-order valence-corrected chi connectivity index (χ0v) is 21.1. The second kappa shape index (κ2) is 10.2. The van der Waals surface area contributed by atoms with E-state index in [1.165, 1.54) is 10.8 Å². The number of benzene rings is 1. The SMILES string of the molecule is Cn1cccc(C(CC#CC#Cc2c(C(N)=O)cnc3[nH]c(C4(CN)CC4)cc23)c2cc(F)ccc2F)c1=O. The number of aromatic amines is 1. The minimum Gasteiger partial charge on any atom is -0.366 e. The van der Waals surface area contributed by atoms with Crippen LogP contribution in [0.1, 0.15) is 57.9 Å². The summed E-state index contributed by atoms with van der Waals surface area (Å²) in [6, 6.07) is 8.27. The number of fused-ring (bicyclic) bond motifs is 1. The molecule has 1 unspecified atom stereocenters. The Hall–Kier alpha value is -4.73. The first kappa shape index (κ1) is 25.9. The van der Waals surface area contributed by atoms with E-state index in [-0.39, 0.29) is 34.1 Å². The van der Waals surface area contributed by atoms with Gasteiger partial charge in [0.05, 0.1) is 11.1 Å². The van der Waals surface area contributed by atoms with Crippen LogP contribution in [0.25, 0.3) is 11.0 Å². The van der Waals surface area contributed by atoms with Crippen LogP contribution in [0.3, 0.4) is 0 Å². The lowest BCUT2D eigenvalue weighted by atomic mass is 9.89. The van der Waals surface area contributed by atoms with E-state index in [9.17, 15) is 18.4 Å². The van der Waals surface area contributed by atoms with Crippen molar-refractivity contribution in [3.8, 4) is 23.7 Å². The molecule has 0 bridgehead atoms. The number of carbonyl (C=O) groups excluding carboxylic acids is 1. The molecule has 5 rings (SSSR count). The lowest BCUT2D eigenvalue weighted by Crippen LogP contribution is -2.23. The molecule has 0 aliphatic heterocycles. The number of hydrogen-bond acceptors (Lipinski definition) is 4. The number of H-pyrrole nitrogens is 1. The zero-order valence-electron chi connectivity index (χ0n) is 21.1. The van der Waals surface area contributed by atoms with Gasteiger partial charge in [0.1, 0.15) is 17.3 Å². The minimum atomic E-state index is -0.818. The van der Waals surface area contributed by atoms with Crippen LogP contribution in [0.5, 0.6) is 0 Å². The highest BCUT2D eigenvalue weighted by Crippen LogP contribution is 2.47. The maximum absolute atomic E-state index is 14.7. The van der Waals surface area contributed by atoms with E-state index in [1.807, 2.05) is 6.07 Å². The topological polar surface area (TPSA) is 120 Å². The first-order valence-corrected chi connectivity index (χ1v) is 12.4. The summed E-state index contributed by atoms with van der Waals surface area (Å²) in [5.74, 6) is 8.51. The van der Waals surface area contributed by atoms with Crippen molar-refractivity contribution in [1.82, 2.24) is 14.5 Å². The van der Waals surface area contributed by atoms with Gasteiger partial charge in [-0.15, -0.1) is 0 Å². The minimum absolute atomic E-state index is 0.00998. The lowest BCUT2D eigenvalue weighted by Gasteiger charge is -2.16. The summed E-state index contributed by atoms with van der Waals surface area (Å²) in [5, 5.41) is 0.641. The highest BCUT2D eigenvalue weighted by Gasteiger charge is 2.44. The monoisotopic (exact) mass is 525 g/mol. The van der Waals surface area contributed by atoms with Gasteiger partial charge in [-0.1, -0.05) is 17.9 Å². The number of nitrogens with one attached hydrogen (secondary N) is 1. The molecule has 1 aliphatic rings. The maximum atomic E-state index is 14.7. The smallest absolute Gasteiger partial charge is 0.254 e. The van der Waals surface area contributed by atoms with E-state index in [0.29, 0.717) is 23.1 Å². The molecule has 3 aromatic heterocycles. The van der Waals surface area contributed by atoms with Gasteiger partial charge >= 0.3 is 0 Å². The first-order chi connectivity index (χ1) is 18.7. The van der Waals surface area contributed by atoms with Crippen LogP contribution in [0.2, 0.25) is 0 Å². The molecule has 1 atom stereocenters. The quantitative estimate of drug-likeness (QED) is 0.335. The summed E-state index contributed by atoms with van der Waals surface area (Å²) >= 11 is 0. The number of nitrogens with zero attached hydrogens (tertiary/aromatic N) is 2. The number of nitrogens with two attached hydrogens (primary N) is 2. The summed E-state index contributed by atoms with van der Waals surface area (Å²) in [5.41, 5.74) is 13.5. The molecule has 0 saturated heterocycles. The molecule has 1 fully saturated rings. The number of pyridine rings is 2. The fraction of sp³-hybridized carbons (Fsp3) is 0.233. The molecule has 39 heavy (non-hydrogen) atoms. The van der Waals surface area contributed by atoms with Crippen molar-refractivity contribution in [2.75, 3.05) is 6.54 Å².